The normalized spacial score (nSPS) is 21.2. The summed E-state index contributed by atoms with van der Waals surface area (Å²) in [5.41, 5.74) is 0. The van der Waals surface area contributed by atoms with Gasteiger partial charge in [-0.2, -0.15) is 0 Å². The summed E-state index contributed by atoms with van der Waals surface area (Å²) in [7, 11) is -3.28. The maximum atomic E-state index is 11.8. The van der Waals surface area contributed by atoms with Crippen LogP contribution in [0.2, 0.25) is 0 Å². The zero-order chi connectivity index (χ0) is 12.3. The number of piperazine rings is 1. The van der Waals surface area contributed by atoms with Gasteiger partial charge in [0.1, 0.15) is 5.75 Å². The number of amides is 1. The molecule has 17 heavy (non-hydrogen) atoms. The summed E-state index contributed by atoms with van der Waals surface area (Å²) in [5.74, 6) is -0.641. The van der Waals surface area contributed by atoms with Gasteiger partial charge in [0, 0.05) is 25.7 Å². The van der Waals surface area contributed by atoms with E-state index in [1.54, 1.807) is 18.7 Å². The van der Waals surface area contributed by atoms with E-state index in [1.807, 2.05) is 6.92 Å². The molecule has 0 aliphatic carbocycles. The van der Waals surface area contributed by atoms with Crippen molar-refractivity contribution < 1.29 is 13.2 Å². The average Bonchev–Trinajstić information content (AvgIpc) is 2.17. The van der Waals surface area contributed by atoms with Gasteiger partial charge in [0.25, 0.3) is 0 Å². The molecule has 1 rings (SSSR count). The van der Waals surface area contributed by atoms with Crippen LogP contribution in [0.4, 0.5) is 0 Å². The Bertz CT molecular complexity index is 357. The Balaban J connectivity index is 0.00000256. The quantitative estimate of drug-likeness (QED) is 0.795. The van der Waals surface area contributed by atoms with Crippen LogP contribution in [0.25, 0.3) is 0 Å². The van der Waals surface area contributed by atoms with E-state index in [4.69, 9.17) is 0 Å². The molecular formula is C10H21ClN2O3S. The molecule has 1 saturated heterocycles. The minimum absolute atomic E-state index is 0. The highest BCUT2D eigenvalue weighted by Crippen LogP contribution is 2.07. The van der Waals surface area contributed by atoms with Crippen molar-refractivity contribution in [2.24, 2.45) is 0 Å². The molecular weight excluding hydrogens is 264 g/mol. The van der Waals surface area contributed by atoms with Crippen LogP contribution in [0.3, 0.4) is 0 Å². The number of sulfone groups is 1. The number of hydrogen-bond donors (Lipinski definition) is 1. The number of hydrogen-bond acceptors (Lipinski definition) is 4. The van der Waals surface area contributed by atoms with E-state index in [0.717, 1.165) is 13.1 Å². The number of nitrogens with one attached hydrogen (secondary N) is 1. The van der Waals surface area contributed by atoms with Crippen LogP contribution in [-0.2, 0) is 14.6 Å². The van der Waals surface area contributed by atoms with Crippen LogP contribution in [0.1, 0.15) is 20.8 Å². The van der Waals surface area contributed by atoms with Crippen molar-refractivity contribution in [2.75, 3.05) is 25.4 Å². The summed E-state index contributed by atoms with van der Waals surface area (Å²) in [6.07, 6.45) is 0. The summed E-state index contributed by atoms with van der Waals surface area (Å²) in [5, 5.41) is 2.67. The van der Waals surface area contributed by atoms with Crippen LogP contribution in [-0.4, -0.2) is 55.9 Å². The first-order valence-corrected chi connectivity index (χ1v) is 7.28. The van der Waals surface area contributed by atoms with Gasteiger partial charge in [-0.25, -0.2) is 8.42 Å². The molecule has 0 bridgehead atoms. The van der Waals surface area contributed by atoms with E-state index in [1.165, 1.54) is 0 Å². The third-order valence-electron chi connectivity index (χ3n) is 2.86. The predicted molar refractivity (Wildman–Crippen MR) is 70.2 cm³/mol. The van der Waals surface area contributed by atoms with Crippen molar-refractivity contribution in [1.29, 1.82) is 0 Å². The Morgan fingerprint density at radius 1 is 1.47 bits per heavy atom. The van der Waals surface area contributed by atoms with Gasteiger partial charge in [-0.15, -0.1) is 12.4 Å². The second kappa shape index (κ2) is 6.56. The van der Waals surface area contributed by atoms with E-state index in [0.29, 0.717) is 6.54 Å². The Morgan fingerprint density at radius 2 is 2.06 bits per heavy atom. The van der Waals surface area contributed by atoms with E-state index in [-0.39, 0.29) is 30.1 Å². The van der Waals surface area contributed by atoms with Gasteiger partial charge >= 0.3 is 0 Å². The van der Waals surface area contributed by atoms with Crippen molar-refractivity contribution in [2.45, 2.75) is 32.1 Å². The highest BCUT2D eigenvalue weighted by atomic mass is 35.5. The van der Waals surface area contributed by atoms with E-state index in [9.17, 15) is 13.2 Å². The fourth-order valence-electron chi connectivity index (χ4n) is 1.63. The minimum Gasteiger partial charge on any atom is -0.337 e. The lowest BCUT2D eigenvalue weighted by Crippen LogP contribution is -2.53. The van der Waals surface area contributed by atoms with Crippen LogP contribution in [0.15, 0.2) is 0 Å². The Kier molecular flexibility index (Phi) is 6.43. The predicted octanol–water partition coefficient (Wildman–Crippen LogP) is 0.0517. The summed E-state index contributed by atoms with van der Waals surface area (Å²) in [4.78, 5) is 13.5. The summed E-state index contributed by atoms with van der Waals surface area (Å²) >= 11 is 0. The third-order valence-corrected chi connectivity index (χ3v) is 4.95. The van der Waals surface area contributed by atoms with Gasteiger partial charge in [-0.3, -0.25) is 4.79 Å². The first-order valence-electron chi connectivity index (χ1n) is 5.56. The molecule has 1 N–H and O–H groups in total. The van der Waals surface area contributed by atoms with Gasteiger partial charge in [0.05, 0.1) is 5.25 Å². The Hall–Kier alpha value is -0.330. The molecule has 1 aliphatic rings. The van der Waals surface area contributed by atoms with Crippen LogP contribution >= 0.6 is 12.4 Å². The van der Waals surface area contributed by atoms with Crippen molar-refractivity contribution in [3.05, 3.63) is 0 Å². The molecule has 7 heteroatoms. The highest BCUT2D eigenvalue weighted by Gasteiger charge is 2.28. The van der Waals surface area contributed by atoms with Crippen LogP contribution < -0.4 is 5.32 Å². The highest BCUT2D eigenvalue weighted by molar-refractivity contribution is 7.92. The topological polar surface area (TPSA) is 66.5 Å². The molecule has 1 atom stereocenters. The van der Waals surface area contributed by atoms with Gasteiger partial charge < -0.3 is 10.2 Å². The molecule has 1 fully saturated rings. The Morgan fingerprint density at radius 3 is 2.53 bits per heavy atom. The molecule has 1 aliphatic heterocycles. The maximum absolute atomic E-state index is 11.8. The summed E-state index contributed by atoms with van der Waals surface area (Å²) in [6, 6.07) is 0.0728. The summed E-state index contributed by atoms with van der Waals surface area (Å²) < 4.78 is 23.3. The fourth-order valence-corrected chi connectivity index (χ4v) is 2.48. The lowest BCUT2D eigenvalue weighted by molar-refractivity contribution is -0.131. The van der Waals surface area contributed by atoms with Crippen molar-refractivity contribution in [1.82, 2.24) is 10.2 Å². The molecule has 0 radical (unpaired) electrons. The maximum Gasteiger partial charge on any atom is 0.238 e. The number of carbonyl (C=O) groups excluding carboxylic acids is 1. The minimum atomic E-state index is -3.28. The van der Waals surface area contributed by atoms with Crippen molar-refractivity contribution in [3.63, 3.8) is 0 Å². The van der Waals surface area contributed by atoms with E-state index < -0.39 is 15.1 Å². The molecule has 5 nitrogen and oxygen atoms in total. The molecule has 1 unspecified atom stereocenters. The number of halogens is 1. The Labute approximate surface area is 109 Å². The molecule has 0 spiro atoms. The molecule has 0 aromatic carbocycles. The van der Waals surface area contributed by atoms with Gasteiger partial charge in [-0.1, -0.05) is 0 Å². The van der Waals surface area contributed by atoms with Crippen LogP contribution in [0, 0.1) is 0 Å². The summed E-state index contributed by atoms with van der Waals surface area (Å²) in [6.45, 7) is 7.18. The molecule has 1 amide bonds. The smallest absolute Gasteiger partial charge is 0.238 e. The fraction of sp³-hybridized carbons (Fsp3) is 0.900. The first kappa shape index (κ1) is 16.7. The first-order chi connectivity index (χ1) is 7.34. The van der Waals surface area contributed by atoms with E-state index >= 15 is 0 Å². The number of nitrogens with zero attached hydrogens (tertiary/aromatic N) is 1. The lowest BCUT2D eigenvalue weighted by atomic mass is 10.2. The standard InChI is InChI=1S/C10H20N2O3S.ClH/c1-8(2)16(14,15)7-10(13)12-5-4-11-6-9(12)3;/h8-9,11H,4-7H2,1-3H3;1H. The molecule has 0 aromatic rings. The van der Waals surface area contributed by atoms with Gasteiger partial charge in [0.15, 0.2) is 9.84 Å². The molecule has 102 valence electrons. The lowest BCUT2D eigenvalue weighted by Gasteiger charge is -2.34. The van der Waals surface area contributed by atoms with Crippen molar-refractivity contribution in [3.8, 4) is 0 Å². The zero-order valence-corrected chi connectivity index (χ0v) is 12.1. The zero-order valence-electron chi connectivity index (χ0n) is 10.5. The van der Waals surface area contributed by atoms with E-state index in [2.05, 4.69) is 5.32 Å². The van der Waals surface area contributed by atoms with Crippen molar-refractivity contribution >= 4 is 28.2 Å². The average molecular weight is 285 g/mol. The van der Waals surface area contributed by atoms with Gasteiger partial charge in [0.2, 0.25) is 5.91 Å². The number of rotatable bonds is 3. The SMILES string of the molecule is CC1CNCCN1C(=O)CS(=O)(=O)C(C)C.Cl. The molecule has 1 heterocycles. The van der Waals surface area contributed by atoms with Gasteiger partial charge in [-0.05, 0) is 20.8 Å². The third kappa shape index (κ3) is 4.44. The van der Waals surface area contributed by atoms with Crippen LogP contribution in [0.5, 0.6) is 0 Å². The second-order valence-electron chi connectivity index (χ2n) is 4.50. The monoisotopic (exact) mass is 284 g/mol. The second-order valence-corrected chi connectivity index (χ2v) is 7.05. The molecule has 0 aromatic heterocycles. The largest absolute Gasteiger partial charge is 0.337 e. The molecule has 0 saturated carbocycles. The number of carbonyl (C=O) groups is 1.